The van der Waals surface area contributed by atoms with Crippen molar-refractivity contribution < 1.29 is 9.18 Å². The second-order valence-corrected chi connectivity index (χ2v) is 4.61. The molecule has 2 aromatic rings. The van der Waals surface area contributed by atoms with E-state index < -0.39 is 0 Å². The van der Waals surface area contributed by atoms with Gasteiger partial charge < -0.3 is 10.2 Å². The van der Waals surface area contributed by atoms with Gasteiger partial charge in [0.15, 0.2) is 0 Å². The van der Waals surface area contributed by atoms with Crippen molar-refractivity contribution >= 4 is 11.7 Å². The third-order valence-electron chi connectivity index (χ3n) is 2.83. The molecule has 0 spiro atoms. The highest BCUT2D eigenvalue weighted by Crippen LogP contribution is 2.08. The molecule has 0 fully saturated rings. The van der Waals surface area contributed by atoms with Crippen molar-refractivity contribution in [3.63, 3.8) is 0 Å². The van der Waals surface area contributed by atoms with Crippen LogP contribution in [-0.4, -0.2) is 25.0 Å². The number of benzene rings is 1. The minimum absolute atomic E-state index is 0.235. The second kappa shape index (κ2) is 6.14. The molecule has 0 aliphatic heterocycles. The topological polar surface area (TPSA) is 45.2 Å². The summed E-state index contributed by atoms with van der Waals surface area (Å²) < 4.78 is 12.8. The van der Waals surface area contributed by atoms with Crippen LogP contribution in [0, 0.1) is 5.82 Å². The van der Waals surface area contributed by atoms with Crippen LogP contribution < -0.4 is 10.2 Å². The first-order chi connectivity index (χ1) is 9.56. The van der Waals surface area contributed by atoms with Gasteiger partial charge in [-0.25, -0.2) is 9.37 Å². The van der Waals surface area contributed by atoms with Gasteiger partial charge in [-0.3, -0.25) is 4.79 Å². The maximum absolute atomic E-state index is 12.8. The average Bonchev–Trinajstić information content (AvgIpc) is 2.46. The molecular formula is C15H16FN3O. The smallest absolute Gasteiger partial charge is 0.251 e. The summed E-state index contributed by atoms with van der Waals surface area (Å²) in [5.74, 6) is 0.269. The summed E-state index contributed by atoms with van der Waals surface area (Å²) in [6.45, 7) is 0.386. The first kappa shape index (κ1) is 14.0. The van der Waals surface area contributed by atoms with Crippen molar-refractivity contribution in [2.24, 2.45) is 0 Å². The molecule has 5 heteroatoms. The number of halogens is 1. The van der Waals surface area contributed by atoms with E-state index in [2.05, 4.69) is 10.3 Å². The van der Waals surface area contributed by atoms with Gasteiger partial charge in [-0.2, -0.15) is 0 Å². The van der Waals surface area contributed by atoms with Crippen LogP contribution in [-0.2, 0) is 6.54 Å². The third-order valence-corrected chi connectivity index (χ3v) is 2.83. The summed E-state index contributed by atoms with van der Waals surface area (Å²) in [6.07, 6.45) is 1.72. The quantitative estimate of drug-likeness (QED) is 0.929. The number of aromatic nitrogens is 1. The summed E-state index contributed by atoms with van der Waals surface area (Å²) >= 11 is 0. The van der Waals surface area contributed by atoms with E-state index in [9.17, 15) is 9.18 Å². The Hall–Kier alpha value is -2.43. The van der Waals surface area contributed by atoms with Crippen LogP contribution in [0.15, 0.2) is 42.6 Å². The number of anilines is 1. The van der Waals surface area contributed by atoms with E-state index in [4.69, 9.17) is 0 Å². The highest BCUT2D eigenvalue weighted by Gasteiger charge is 2.05. The molecule has 1 aromatic heterocycles. The maximum atomic E-state index is 12.8. The molecule has 2 rings (SSSR count). The van der Waals surface area contributed by atoms with Gasteiger partial charge in [0.1, 0.15) is 11.6 Å². The van der Waals surface area contributed by atoms with Crippen LogP contribution in [0.3, 0.4) is 0 Å². The molecule has 0 saturated heterocycles. The van der Waals surface area contributed by atoms with Crippen LogP contribution in [0.4, 0.5) is 10.2 Å². The highest BCUT2D eigenvalue weighted by molar-refractivity contribution is 5.94. The number of carbonyl (C=O) groups excluding carboxylic acids is 1. The molecule has 20 heavy (non-hydrogen) atoms. The lowest BCUT2D eigenvalue weighted by Gasteiger charge is -2.11. The molecule has 1 N–H and O–H groups in total. The van der Waals surface area contributed by atoms with Gasteiger partial charge in [-0.1, -0.05) is 6.07 Å². The Balaban J connectivity index is 1.94. The van der Waals surface area contributed by atoms with Crippen LogP contribution in [0.25, 0.3) is 0 Å². The van der Waals surface area contributed by atoms with Gasteiger partial charge >= 0.3 is 0 Å². The number of hydrogen-bond acceptors (Lipinski definition) is 3. The fraction of sp³-hybridized carbons (Fsp3) is 0.200. The summed E-state index contributed by atoms with van der Waals surface area (Å²) in [5.41, 5.74) is 1.34. The normalized spacial score (nSPS) is 10.2. The number of amides is 1. The number of nitrogens with one attached hydrogen (secondary N) is 1. The summed E-state index contributed by atoms with van der Waals surface area (Å²) in [4.78, 5) is 18.0. The van der Waals surface area contributed by atoms with E-state index >= 15 is 0 Å². The Morgan fingerprint density at radius 2 is 1.90 bits per heavy atom. The molecule has 0 atom stereocenters. The molecule has 104 valence electrons. The first-order valence-corrected chi connectivity index (χ1v) is 6.22. The number of nitrogens with zero attached hydrogens (tertiary/aromatic N) is 2. The number of carbonyl (C=O) groups is 1. The molecule has 0 saturated carbocycles. The van der Waals surface area contributed by atoms with Crippen molar-refractivity contribution in [3.8, 4) is 0 Å². The molecular weight excluding hydrogens is 257 g/mol. The molecule has 4 nitrogen and oxygen atoms in total. The van der Waals surface area contributed by atoms with Crippen LogP contribution >= 0.6 is 0 Å². The molecule has 0 aliphatic rings. The Labute approximate surface area is 117 Å². The standard InChI is InChI=1S/C15H16FN3O/c1-19(2)14-8-3-11(9-17-14)10-18-15(20)12-4-6-13(16)7-5-12/h3-9H,10H2,1-2H3,(H,18,20). The first-order valence-electron chi connectivity index (χ1n) is 6.22. The molecule has 0 aliphatic carbocycles. The van der Waals surface area contributed by atoms with Crippen LogP contribution in [0.2, 0.25) is 0 Å². The zero-order valence-electron chi connectivity index (χ0n) is 11.4. The maximum Gasteiger partial charge on any atom is 0.251 e. The minimum Gasteiger partial charge on any atom is -0.363 e. The molecule has 0 unspecified atom stereocenters. The monoisotopic (exact) mass is 273 g/mol. The van der Waals surface area contributed by atoms with Crippen LogP contribution in [0.5, 0.6) is 0 Å². The van der Waals surface area contributed by atoms with E-state index in [0.717, 1.165) is 11.4 Å². The SMILES string of the molecule is CN(C)c1ccc(CNC(=O)c2ccc(F)cc2)cn1. The zero-order valence-corrected chi connectivity index (χ0v) is 11.4. The average molecular weight is 273 g/mol. The predicted octanol–water partition coefficient (Wildman–Crippen LogP) is 2.22. The Morgan fingerprint density at radius 1 is 1.20 bits per heavy atom. The van der Waals surface area contributed by atoms with Gasteiger partial charge in [0, 0.05) is 32.4 Å². The van der Waals surface area contributed by atoms with Gasteiger partial charge in [-0.15, -0.1) is 0 Å². The molecule has 1 heterocycles. The van der Waals surface area contributed by atoms with E-state index in [1.807, 2.05) is 31.1 Å². The van der Waals surface area contributed by atoms with Crippen molar-refractivity contribution in [1.29, 1.82) is 0 Å². The fourth-order valence-corrected chi connectivity index (χ4v) is 1.67. The van der Waals surface area contributed by atoms with E-state index in [0.29, 0.717) is 12.1 Å². The molecule has 0 bridgehead atoms. The van der Waals surface area contributed by atoms with Gasteiger partial charge in [0.2, 0.25) is 0 Å². The summed E-state index contributed by atoms with van der Waals surface area (Å²) in [6, 6.07) is 9.24. The lowest BCUT2D eigenvalue weighted by atomic mass is 10.2. The lowest BCUT2D eigenvalue weighted by Crippen LogP contribution is -2.22. The van der Waals surface area contributed by atoms with Crippen molar-refractivity contribution in [2.45, 2.75) is 6.54 Å². The van der Waals surface area contributed by atoms with E-state index in [1.54, 1.807) is 6.20 Å². The Morgan fingerprint density at radius 3 is 2.45 bits per heavy atom. The molecule has 0 radical (unpaired) electrons. The zero-order chi connectivity index (χ0) is 14.5. The Kier molecular flexibility index (Phi) is 4.30. The summed E-state index contributed by atoms with van der Waals surface area (Å²) in [5, 5.41) is 2.77. The minimum atomic E-state index is -0.356. The molecule has 1 aromatic carbocycles. The number of pyridine rings is 1. The number of hydrogen-bond donors (Lipinski definition) is 1. The molecule has 1 amide bonds. The fourth-order valence-electron chi connectivity index (χ4n) is 1.67. The van der Waals surface area contributed by atoms with E-state index in [1.165, 1.54) is 24.3 Å². The lowest BCUT2D eigenvalue weighted by molar-refractivity contribution is 0.0951. The van der Waals surface area contributed by atoms with Crippen molar-refractivity contribution in [3.05, 3.63) is 59.5 Å². The van der Waals surface area contributed by atoms with Crippen molar-refractivity contribution in [2.75, 3.05) is 19.0 Å². The largest absolute Gasteiger partial charge is 0.363 e. The summed E-state index contributed by atoms with van der Waals surface area (Å²) in [7, 11) is 3.83. The predicted molar refractivity (Wildman–Crippen MR) is 76.1 cm³/mol. The van der Waals surface area contributed by atoms with Crippen molar-refractivity contribution in [1.82, 2.24) is 10.3 Å². The van der Waals surface area contributed by atoms with Gasteiger partial charge in [0.25, 0.3) is 5.91 Å². The van der Waals surface area contributed by atoms with Crippen LogP contribution in [0.1, 0.15) is 15.9 Å². The second-order valence-electron chi connectivity index (χ2n) is 4.61. The Bertz CT molecular complexity index is 579. The highest BCUT2D eigenvalue weighted by atomic mass is 19.1. The van der Waals surface area contributed by atoms with Gasteiger partial charge in [0.05, 0.1) is 0 Å². The third kappa shape index (κ3) is 3.54. The van der Waals surface area contributed by atoms with E-state index in [-0.39, 0.29) is 11.7 Å². The number of rotatable bonds is 4. The van der Waals surface area contributed by atoms with Gasteiger partial charge in [-0.05, 0) is 35.9 Å².